The standard InChI is InChI=1S/C35H55N5O5/c1-3-4-5-6-7-8-9-10-11-12-24-37-32(41)16-14-26-45-31-20-18-30(19-21-31)39-34(35(43)38-25-27-44-2)40-33(42)22-17-29-15-13-23-36-28-29/h13,15,18-21,23,28,34,39H,3-12,14,16-17,22,24-27H2,1-2H3,(H,37,41)(H,38,43)(H,40,42). The zero-order chi connectivity index (χ0) is 32.4. The molecule has 0 saturated carbocycles. The van der Waals surface area contributed by atoms with Crippen LogP contribution in [0, 0.1) is 0 Å². The molecule has 0 fully saturated rings. The summed E-state index contributed by atoms with van der Waals surface area (Å²) in [6.07, 6.45) is 17.0. The second-order valence-electron chi connectivity index (χ2n) is 11.3. The average Bonchev–Trinajstić information content (AvgIpc) is 3.05. The quantitative estimate of drug-likeness (QED) is 0.0799. The van der Waals surface area contributed by atoms with Gasteiger partial charge in [0.05, 0.1) is 13.2 Å². The van der Waals surface area contributed by atoms with Crippen molar-refractivity contribution in [3.8, 4) is 5.75 Å². The Hall–Kier alpha value is -3.66. The minimum absolute atomic E-state index is 0.0615. The third kappa shape index (κ3) is 18.7. The molecule has 0 spiro atoms. The molecule has 10 heteroatoms. The maximum Gasteiger partial charge on any atom is 0.263 e. The Labute approximate surface area is 269 Å². The molecule has 1 unspecified atom stereocenters. The number of carbonyl (C=O) groups is 3. The highest BCUT2D eigenvalue weighted by molar-refractivity contribution is 5.89. The molecule has 0 aliphatic carbocycles. The van der Waals surface area contributed by atoms with Crippen molar-refractivity contribution < 1.29 is 23.9 Å². The topological polar surface area (TPSA) is 131 Å². The van der Waals surface area contributed by atoms with E-state index in [0.717, 1.165) is 18.5 Å². The maximum atomic E-state index is 12.8. The monoisotopic (exact) mass is 625 g/mol. The molecule has 2 aromatic rings. The number of hydrogen-bond donors (Lipinski definition) is 4. The summed E-state index contributed by atoms with van der Waals surface area (Å²) in [5.41, 5.74) is 1.59. The first-order valence-electron chi connectivity index (χ1n) is 16.7. The Kier molecular flexibility index (Phi) is 20.5. The average molecular weight is 626 g/mol. The Morgan fingerprint density at radius 2 is 1.49 bits per heavy atom. The summed E-state index contributed by atoms with van der Waals surface area (Å²) in [6, 6.07) is 10.9. The summed E-state index contributed by atoms with van der Waals surface area (Å²) >= 11 is 0. The lowest BCUT2D eigenvalue weighted by Gasteiger charge is -2.21. The summed E-state index contributed by atoms with van der Waals surface area (Å²) in [6.45, 7) is 4.10. The van der Waals surface area contributed by atoms with E-state index in [4.69, 9.17) is 9.47 Å². The number of methoxy groups -OCH3 is 1. The van der Waals surface area contributed by atoms with E-state index in [1.165, 1.54) is 57.8 Å². The first-order valence-corrected chi connectivity index (χ1v) is 16.7. The number of ether oxygens (including phenoxy) is 2. The van der Waals surface area contributed by atoms with Crippen LogP contribution in [-0.2, 0) is 25.5 Å². The molecular formula is C35H55N5O5. The SMILES string of the molecule is CCCCCCCCCCCCNC(=O)CCCOc1ccc(NC(NC(=O)CCc2cccnc2)C(=O)NCCOC)cc1. The number of pyridine rings is 1. The molecule has 250 valence electrons. The van der Waals surface area contributed by atoms with Crippen LogP contribution in [0.1, 0.15) is 96.0 Å². The van der Waals surface area contributed by atoms with Gasteiger partial charge in [0.2, 0.25) is 11.8 Å². The maximum absolute atomic E-state index is 12.8. The van der Waals surface area contributed by atoms with Gasteiger partial charge in [-0.1, -0.05) is 70.8 Å². The smallest absolute Gasteiger partial charge is 0.263 e. The molecule has 2 rings (SSSR count). The fourth-order valence-corrected chi connectivity index (χ4v) is 4.75. The number of rotatable bonds is 26. The zero-order valence-electron chi connectivity index (χ0n) is 27.4. The Morgan fingerprint density at radius 3 is 2.16 bits per heavy atom. The molecule has 3 amide bonds. The van der Waals surface area contributed by atoms with Crippen LogP contribution in [0.4, 0.5) is 5.69 Å². The van der Waals surface area contributed by atoms with Crippen LogP contribution in [0.15, 0.2) is 48.8 Å². The van der Waals surface area contributed by atoms with Gasteiger partial charge >= 0.3 is 0 Å². The Balaban J connectivity index is 1.65. The van der Waals surface area contributed by atoms with Crippen LogP contribution in [0.2, 0.25) is 0 Å². The van der Waals surface area contributed by atoms with E-state index in [9.17, 15) is 14.4 Å². The second-order valence-corrected chi connectivity index (χ2v) is 11.3. The first-order chi connectivity index (χ1) is 22.0. The summed E-state index contributed by atoms with van der Waals surface area (Å²) < 4.78 is 10.8. The van der Waals surface area contributed by atoms with E-state index >= 15 is 0 Å². The number of amides is 3. The van der Waals surface area contributed by atoms with Crippen molar-refractivity contribution in [1.82, 2.24) is 20.9 Å². The number of nitrogens with zero attached hydrogens (tertiary/aromatic N) is 1. The van der Waals surface area contributed by atoms with E-state index in [1.54, 1.807) is 43.8 Å². The number of carbonyl (C=O) groups excluding carboxylic acids is 3. The lowest BCUT2D eigenvalue weighted by molar-refractivity contribution is -0.128. The van der Waals surface area contributed by atoms with Crippen LogP contribution in [0.5, 0.6) is 5.75 Å². The molecule has 45 heavy (non-hydrogen) atoms. The van der Waals surface area contributed by atoms with Crippen molar-refractivity contribution in [2.45, 2.75) is 103 Å². The highest BCUT2D eigenvalue weighted by Gasteiger charge is 2.20. The van der Waals surface area contributed by atoms with Crippen molar-refractivity contribution in [2.24, 2.45) is 0 Å². The molecule has 1 heterocycles. The highest BCUT2D eigenvalue weighted by atomic mass is 16.5. The minimum Gasteiger partial charge on any atom is -0.494 e. The highest BCUT2D eigenvalue weighted by Crippen LogP contribution is 2.17. The van der Waals surface area contributed by atoms with Gasteiger partial charge in [-0.05, 0) is 55.2 Å². The predicted molar refractivity (Wildman–Crippen MR) is 179 cm³/mol. The third-order valence-corrected chi connectivity index (χ3v) is 7.37. The summed E-state index contributed by atoms with van der Waals surface area (Å²) in [5, 5.41) is 11.6. The van der Waals surface area contributed by atoms with E-state index < -0.39 is 6.17 Å². The molecule has 0 aliphatic heterocycles. The fourth-order valence-electron chi connectivity index (χ4n) is 4.75. The third-order valence-electron chi connectivity index (χ3n) is 7.37. The van der Waals surface area contributed by atoms with E-state index in [2.05, 4.69) is 33.2 Å². The molecule has 0 bridgehead atoms. The van der Waals surface area contributed by atoms with E-state index in [-0.39, 0.29) is 24.1 Å². The number of aryl methyl sites for hydroxylation is 1. The summed E-state index contributed by atoms with van der Waals surface area (Å²) in [7, 11) is 1.56. The lowest BCUT2D eigenvalue weighted by atomic mass is 10.1. The van der Waals surface area contributed by atoms with Crippen molar-refractivity contribution in [3.05, 3.63) is 54.4 Å². The fraction of sp³-hybridized carbons (Fsp3) is 0.600. The molecule has 0 aliphatic rings. The molecule has 4 N–H and O–H groups in total. The van der Waals surface area contributed by atoms with Gasteiger partial charge in [0, 0.05) is 51.1 Å². The second kappa shape index (κ2) is 24.6. The number of unbranched alkanes of at least 4 members (excludes halogenated alkanes) is 9. The molecular weight excluding hydrogens is 570 g/mol. The number of nitrogens with one attached hydrogen (secondary N) is 4. The number of anilines is 1. The molecule has 0 radical (unpaired) electrons. The van der Waals surface area contributed by atoms with Crippen LogP contribution in [0.3, 0.4) is 0 Å². The first kappa shape index (κ1) is 37.5. The summed E-state index contributed by atoms with van der Waals surface area (Å²) in [4.78, 5) is 41.6. The van der Waals surface area contributed by atoms with Crippen LogP contribution >= 0.6 is 0 Å². The van der Waals surface area contributed by atoms with Gasteiger partial charge in [0.25, 0.3) is 5.91 Å². The molecule has 10 nitrogen and oxygen atoms in total. The van der Waals surface area contributed by atoms with Gasteiger partial charge < -0.3 is 30.7 Å². The van der Waals surface area contributed by atoms with Gasteiger partial charge in [0.15, 0.2) is 6.17 Å². The molecule has 1 aromatic carbocycles. The molecule has 0 saturated heterocycles. The van der Waals surface area contributed by atoms with Gasteiger partial charge in [0.1, 0.15) is 5.75 Å². The van der Waals surface area contributed by atoms with Crippen molar-refractivity contribution in [2.75, 3.05) is 38.7 Å². The van der Waals surface area contributed by atoms with E-state index in [0.29, 0.717) is 50.5 Å². The number of benzene rings is 1. The lowest BCUT2D eigenvalue weighted by Crippen LogP contribution is -2.51. The van der Waals surface area contributed by atoms with Crippen LogP contribution < -0.4 is 26.0 Å². The van der Waals surface area contributed by atoms with Gasteiger partial charge in [-0.15, -0.1) is 0 Å². The Morgan fingerprint density at radius 1 is 0.778 bits per heavy atom. The Bertz CT molecular complexity index is 1070. The summed E-state index contributed by atoms with van der Waals surface area (Å²) in [5.74, 6) is 0.0959. The zero-order valence-corrected chi connectivity index (χ0v) is 27.4. The normalized spacial score (nSPS) is 11.4. The minimum atomic E-state index is -0.964. The van der Waals surface area contributed by atoms with Crippen molar-refractivity contribution >= 4 is 23.4 Å². The van der Waals surface area contributed by atoms with Gasteiger partial charge in [-0.25, -0.2) is 0 Å². The number of aromatic nitrogens is 1. The van der Waals surface area contributed by atoms with Crippen LogP contribution in [-0.4, -0.2) is 62.3 Å². The molecule has 1 atom stereocenters. The van der Waals surface area contributed by atoms with Gasteiger partial charge in [-0.2, -0.15) is 0 Å². The largest absolute Gasteiger partial charge is 0.494 e. The van der Waals surface area contributed by atoms with Crippen molar-refractivity contribution in [3.63, 3.8) is 0 Å². The van der Waals surface area contributed by atoms with Gasteiger partial charge in [-0.3, -0.25) is 19.4 Å². The molecule has 1 aromatic heterocycles. The van der Waals surface area contributed by atoms with Crippen LogP contribution in [0.25, 0.3) is 0 Å². The predicted octanol–water partition coefficient (Wildman–Crippen LogP) is 5.53. The van der Waals surface area contributed by atoms with E-state index in [1.807, 2.05) is 12.1 Å². The van der Waals surface area contributed by atoms with Crippen molar-refractivity contribution in [1.29, 1.82) is 0 Å². The number of hydrogen-bond acceptors (Lipinski definition) is 7.